The number of pyridine rings is 1. The van der Waals surface area contributed by atoms with Gasteiger partial charge in [0.2, 0.25) is 0 Å². The number of rotatable bonds is 2. The van der Waals surface area contributed by atoms with Crippen LogP contribution in [0.2, 0.25) is 0 Å². The van der Waals surface area contributed by atoms with Gasteiger partial charge in [-0.15, -0.1) is 12.4 Å². The average molecular weight is 202 g/mol. The first kappa shape index (κ1) is 11.9. The van der Waals surface area contributed by atoms with Crippen LogP contribution < -0.4 is 0 Å². The van der Waals surface area contributed by atoms with E-state index in [2.05, 4.69) is 4.98 Å². The number of aromatic nitrogens is 1. The third kappa shape index (κ3) is 3.42. The molecule has 1 N–H and O–H groups in total. The first-order valence-electron chi connectivity index (χ1n) is 3.74. The fourth-order valence-electron chi connectivity index (χ4n) is 1.07. The zero-order valence-corrected chi connectivity index (χ0v) is 8.39. The van der Waals surface area contributed by atoms with Crippen LogP contribution in [0, 0.1) is 13.8 Å². The van der Waals surface area contributed by atoms with E-state index < -0.39 is 5.97 Å². The molecule has 1 aromatic heterocycles. The van der Waals surface area contributed by atoms with Gasteiger partial charge in [0.25, 0.3) is 0 Å². The molecule has 3 nitrogen and oxygen atoms in total. The highest BCUT2D eigenvalue weighted by Crippen LogP contribution is 2.06. The Morgan fingerprint density at radius 3 is 2.54 bits per heavy atom. The first-order chi connectivity index (χ1) is 5.59. The molecule has 0 radical (unpaired) electrons. The number of carboxylic acids is 1. The molecule has 0 aliphatic heterocycles. The van der Waals surface area contributed by atoms with E-state index in [9.17, 15) is 4.79 Å². The van der Waals surface area contributed by atoms with Crippen molar-refractivity contribution in [2.75, 3.05) is 0 Å². The number of halogens is 1. The number of aliphatic carboxylic acids is 1. The van der Waals surface area contributed by atoms with E-state index in [1.807, 2.05) is 26.0 Å². The summed E-state index contributed by atoms with van der Waals surface area (Å²) in [4.78, 5) is 14.5. The van der Waals surface area contributed by atoms with E-state index in [0.717, 1.165) is 17.0 Å². The summed E-state index contributed by atoms with van der Waals surface area (Å²) in [5, 5.41) is 8.53. The van der Waals surface area contributed by atoms with Crippen molar-refractivity contribution >= 4 is 18.4 Å². The van der Waals surface area contributed by atoms with Gasteiger partial charge in [-0.3, -0.25) is 9.78 Å². The van der Waals surface area contributed by atoms with Crippen molar-refractivity contribution in [2.24, 2.45) is 0 Å². The molecular formula is C9H12ClNO2. The van der Waals surface area contributed by atoms with Crippen LogP contribution in [-0.2, 0) is 11.2 Å². The molecule has 0 saturated heterocycles. The second-order valence-electron chi connectivity index (χ2n) is 2.77. The van der Waals surface area contributed by atoms with Crippen molar-refractivity contribution in [3.05, 3.63) is 29.1 Å². The highest BCUT2D eigenvalue weighted by Gasteiger charge is 2.03. The maximum atomic E-state index is 10.4. The lowest BCUT2D eigenvalue weighted by atomic mass is 10.1. The van der Waals surface area contributed by atoms with Crippen molar-refractivity contribution in [3.63, 3.8) is 0 Å². The number of hydrogen-bond donors (Lipinski definition) is 1. The molecule has 0 unspecified atom stereocenters. The third-order valence-electron chi connectivity index (χ3n) is 1.68. The summed E-state index contributed by atoms with van der Waals surface area (Å²) < 4.78 is 0. The van der Waals surface area contributed by atoms with Crippen molar-refractivity contribution in [2.45, 2.75) is 20.3 Å². The molecule has 0 spiro atoms. The van der Waals surface area contributed by atoms with Gasteiger partial charge in [0.05, 0.1) is 6.42 Å². The van der Waals surface area contributed by atoms with Gasteiger partial charge in [0.15, 0.2) is 0 Å². The normalized spacial score (nSPS) is 9.08. The average Bonchev–Trinajstić information content (AvgIpc) is 1.94. The lowest BCUT2D eigenvalue weighted by molar-refractivity contribution is -0.136. The van der Waals surface area contributed by atoms with Crippen LogP contribution in [0.5, 0.6) is 0 Å². The fourth-order valence-corrected chi connectivity index (χ4v) is 1.07. The summed E-state index contributed by atoms with van der Waals surface area (Å²) in [6, 6.07) is 3.64. The van der Waals surface area contributed by atoms with E-state index in [1.165, 1.54) is 0 Å². The van der Waals surface area contributed by atoms with Crippen molar-refractivity contribution in [1.29, 1.82) is 0 Å². The standard InChI is InChI=1S/C9H11NO2.ClH/c1-6-3-4-8(5-9(11)12)7(2)10-6;/h3-4H,5H2,1-2H3,(H,11,12);1H. The van der Waals surface area contributed by atoms with Crippen LogP contribution in [0.15, 0.2) is 12.1 Å². The molecule has 4 heteroatoms. The molecule has 1 rings (SSSR count). The number of carboxylic acid groups (broad SMARTS) is 1. The minimum Gasteiger partial charge on any atom is -0.481 e. The summed E-state index contributed by atoms with van der Waals surface area (Å²) >= 11 is 0. The Morgan fingerprint density at radius 2 is 2.08 bits per heavy atom. The van der Waals surface area contributed by atoms with E-state index >= 15 is 0 Å². The molecule has 0 atom stereocenters. The van der Waals surface area contributed by atoms with Gasteiger partial charge in [-0.25, -0.2) is 0 Å². The molecular weight excluding hydrogens is 190 g/mol. The molecule has 0 amide bonds. The van der Waals surface area contributed by atoms with Gasteiger partial charge >= 0.3 is 5.97 Å². The highest BCUT2D eigenvalue weighted by atomic mass is 35.5. The first-order valence-corrected chi connectivity index (χ1v) is 3.74. The van der Waals surface area contributed by atoms with Crippen LogP contribution in [0.4, 0.5) is 0 Å². The highest BCUT2D eigenvalue weighted by molar-refractivity contribution is 5.85. The van der Waals surface area contributed by atoms with Crippen LogP contribution in [0.1, 0.15) is 17.0 Å². The van der Waals surface area contributed by atoms with Gasteiger partial charge in [0, 0.05) is 11.4 Å². The number of nitrogens with zero attached hydrogens (tertiary/aromatic N) is 1. The molecule has 13 heavy (non-hydrogen) atoms. The number of aryl methyl sites for hydroxylation is 2. The van der Waals surface area contributed by atoms with Crippen molar-refractivity contribution < 1.29 is 9.90 Å². The maximum absolute atomic E-state index is 10.4. The largest absolute Gasteiger partial charge is 0.481 e. The van der Waals surface area contributed by atoms with E-state index in [4.69, 9.17) is 5.11 Å². The molecule has 0 saturated carbocycles. The maximum Gasteiger partial charge on any atom is 0.307 e. The van der Waals surface area contributed by atoms with Gasteiger partial charge < -0.3 is 5.11 Å². The Kier molecular flexibility index (Phi) is 4.42. The van der Waals surface area contributed by atoms with E-state index in [1.54, 1.807) is 0 Å². The Hall–Kier alpha value is -1.09. The second-order valence-corrected chi connectivity index (χ2v) is 2.77. The summed E-state index contributed by atoms with van der Waals surface area (Å²) in [6.07, 6.45) is 0.0547. The lowest BCUT2D eigenvalue weighted by Crippen LogP contribution is -2.03. The summed E-state index contributed by atoms with van der Waals surface area (Å²) in [5.41, 5.74) is 2.51. The Morgan fingerprint density at radius 1 is 1.46 bits per heavy atom. The molecule has 0 fully saturated rings. The second kappa shape index (κ2) is 4.82. The molecule has 0 aliphatic rings. The van der Waals surface area contributed by atoms with Crippen LogP contribution in [0.25, 0.3) is 0 Å². The van der Waals surface area contributed by atoms with Crippen LogP contribution >= 0.6 is 12.4 Å². The smallest absolute Gasteiger partial charge is 0.307 e. The summed E-state index contributed by atoms with van der Waals surface area (Å²) in [5.74, 6) is -0.816. The van der Waals surface area contributed by atoms with E-state index in [-0.39, 0.29) is 18.8 Å². The lowest BCUT2D eigenvalue weighted by Gasteiger charge is -2.01. The molecule has 0 aromatic carbocycles. The van der Waals surface area contributed by atoms with Gasteiger partial charge in [-0.2, -0.15) is 0 Å². The predicted molar refractivity (Wildman–Crippen MR) is 52.3 cm³/mol. The number of hydrogen-bond acceptors (Lipinski definition) is 2. The van der Waals surface area contributed by atoms with Crippen molar-refractivity contribution in [1.82, 2.24) is 4.98 Å². The SMILES string of the molecule is Cc1ccc(CC(=O)O)c(C)n1.Cl. The molecule has 0 aliphatic carbocycles. The quantitative estimate of drug-likeness (QED) is 0.793. The topological polar surface area (TPSA) is 50.2 Å². The zero-order chi connectivity index (χ0) is 9.14. The fraction of sp³-hybridized carbons (Fsp3) is 0.333. The Balaban J connectivity index is 0.00000144. The summed E-state index contributed by atoms with van der Waals surface area (Å²) in [7, 11) is 0. The van der Waals surface area contributed by atoms with Gasteiger partial charge in [-0.1, -0.05) is 6.07 Å². The molecule has 1 aromatic rings. The monoisotopic (exact) mass is 201 g/mol. The Labute approximate surface area is 83.2 Å². The van der Waals surface area contributed by atoms with Crippen molar-refractivity contribution in [3.8, 4) is 0 Å². The Bertz CT molecular complexity index is 312. The van der Waals surface area contributed by atoms with E-state index in [0.29, 0.717) is 0 Å². The van der Waals surface area contributed by atoms with Gasteiger partial charge in [-0.05, 0) is 25.5 Å². The molecule has 1 heterocycles. The molecule has 72 valence electrons. The number of carbonyl (C=O) groups is 1. The van der Waals surface area contributed by atoms with Crippen LogP contribution in [-0.4, -0.2) is 16.1 Å². The minimum atomic E-state index is -0.816. The zero-order valence-electron chi connectivity index (χ0n) is 7.57. The summed E-state index contributed by atoms with van der Waals surface area (Å²) in [6.45, 7) is 3.71. The third-order valence-corrected chi connectivity index (χ3v) is 1.68. The van der Waals surface area contributed by atoms with Crippen LogP contribution in [0.3, 0.4) is 0 Å². The van der Waals surface area contributed by atoms with Gasteiger partial charge in [0.1, 0.15) is 0 Å². The molecule has 0 bridgehead atoms. The predicted octanol–water partition coefficient (Wildman–Crippen LogP) is 1.75. The minimum absolute atomic E-state index is 0.